The first-order chi connectivity index (χ1) is 6.81. The summed E-state index contributed by atoms with van der Waals surface area (Å²) in [6.45, 7) is 9.33. The second-order valence-electron chi connectivity index (χ2n) is 5.30. The molecule has 0 bridgehead atoms. The molecule has 0 saturated carbocycles. The summed E-state index contributed by atoms with van der Waals surface area (Å²) in [6.07, 6.45) is 0.940. The van der Waals surface area contributed by atoms with Gasteiger partial charge in [0.25, 0.3) is 0 Å². The molecule has 4 heteroatoms. The first kappa shape index (κ1) is 12.5. The van der Waals surface area contributed by atoms with E-state index in [9.17, 15) is 4.79 Å². The summed E-state index contributed by atoms with van der Waals surface area (Å²) in [4.78, 5) is 11.4. The summed E-state index contributed by atoms with van der Waals surface area (Å²) in [5.74, 6) is -0.212. The topological polar surface area (TPSA) is 47.6 Å². The van der Waals surface area contributed by atoms with Gasteiger partial charge in [-0.05, 0) is 34.1 Å². The van der Waals surface area contributed by atoms with Crippen LogP contribution in [0.3, 0.4) is 0 Å². The van der Waals surface area contributed by atoms with E-state index >= 15 is 0 Å². The third kappa shape index (κ3) is 4.62. The Balaban J connectivity index is 2.28. The standard InChI is InChI=1S/C11H21NO3/c1-10(2,3)15-9(13)7-12-11(4)5-6-14-8-11/h12H,5-8H2,1-4H3. The van der Waals surface area contributed by atoms with Gasteiger partial charge < -0.3 is 9.47 Å². The van der Waals surface area contributed by atoms with Crippen molar-refractivity contribution in [2.45, 2.75) is 45.3 Å². The minimum Gasteiger partial charge on any atom is -0.459 e. The molecule has 1 unspecified atom stereocenters. The fraction of sp³-hybridized carbons (Fsp3) is 0.909. The van der Waals surface area contributed by atoms with Gasteiger partial charge in [0.05, 0.1) is 13.2 Å². The lowest BCUT2D eigenvalue weighted by Crippen LogP contribution is -2.46. The lowest BCUT2D eigenvalue weighted by atomic mass is 10.0. The van der Waals surface area contributed by atoms with E-state index in [0.717, 1.165) is 13.0 Å². The quantitative estimate of drug-likeness (QED) is 0.716. The fourth-order valence-electron chi connectivity index (χ4n) is 1.47. The van der Waals surface area contributed by atoms with Gasteiger partial charge in [-0.25, -0.2) is 0 Å². The average molecular weight is 215 g/mol. The highest BCUT2D eigenvalue weighted by molar-refractivity contribution is 5.72. The molecule has 0 aromatic heterocycles. The van der Waals surface area contributed by atoms with Crippen molar-refractivity contribution in [2.24, 2.45) is 0 Å². The number of rotatable bonds is 3. The minimum atomic E-state index is -0.411. The van der Waals surface area contributed by atoms with E-state index < -0.39 is 5.60 Å². The molecule has 1 heterocycles. The predicted molar refractivity (Wildman–Crippen MR) is 57.7 cm³/mol. The van der Waals surface area contributed by atoms with Crippen molar-refractivity contribution >= 4 is 5.97 Å². The molecule has 1 aliphatic rings. The Morgan fingerprint density at radius 2 is 2.20 bits per heavy atom. The van der Waals surface area contributed by atoms with Crippen LogP contribution in [0.4, 0.5) is 0 Å². The first-order valence-corrected chi connectivity index (χ1v) is 5.35. The summed E-state index contributed by atoms with van der Waals surface area (Å²) in [6, 6.07) is 0. The molecule has 1 N–H and O–H groups in total. The van der Waals surface area contributed by atoms with E-state index in [-0.39, 0.29) is 18.1 Å². The Bertz CT molecular complexity index is 226. The van der Waals surface area contributed by atoms with Crippen LogP contribution < -0.4 is 5.32 Å². The molecule has 0 amide bonds. The van der Waals surface area contributed by atoms with Crippen molar-refractivity contribution in [3.05, 3.63) is 0 Å². The van der Waals surface area contributed by atoms with Gasteiger partial charge in [0.2, 0.25) is 0 Å². The smallest absolute Gasteiger partial charge is 0.320 e. The van der Waals surface area contributed by atoms with Crippen molar-refractivity contribution < 1.29 is 14.3 Å². The van der Waals surface area contributed by atoms with E-state index in [1.165, 1.54) is 0 Å². The number of carbonyl (C=O) groups is 1. The maximum absolute atomic E-state index is 11.4. The monoisotopic (exact) mass is 215 g/mol. The van der Waals surface area contributed by atoms with E-state index in [2.05, 4.69) is 12.2 Å². The molecule has 0 aromatic rings. The van der Waals surface area contributed by atoms with Gasteiger partial charge in [0.1, 0.15) is 5.60 Å². The molecule has 1 fully saturated rings. The summed E-state index contributed by atoms with van der Waals surface area (Å²) in [5.41, 5.74) is -0.483. The zero-order valence-corrected chi connectivity index (χ0v) is 10.1. The molecule has 0 aliphatic carbocycles. The predicted octanol–water partition coefficient (Wildman–Crippen LogP) is 1.10. The van der Waals surface area contributed by atoms with Gasteiger partial charge >= 0.3 is 5.97 Å². The molecular formula is C11H21NO3. The zero-order valence-electron chi connectivity index (χ0n) is 10.1. The zero-order chi connectivity index (χ0) is 11.5. The average Bonchev–Trinajstić information content (AvgIpc) is 2.47. The molecule has 1 atom stereocenters. The van der Waals surface area contributed by atoms with Crippen LogP contribution in [0.1, 0.15) is 34.1 Å². The fourth-order valence-corrected chi connectivity index (χ4v) is 1.47. The minimum absolute atomic E-state index is 0.0725. The Morgan fingerprint density at radius 3 is 2.67 bits per heavy atom. The van der Waals surface area contributed by atoms with Gasteiger partial charge in [0, 0.05) is 12.1 Å². The molecule has 88 valence electrons. The van der Waals surface area contributed by atoms with Crippen LogP contribution in [-0.2, 0) is 14.3 Å². The van der Waals surface area contributed by atoms with E-state index in [0.29, 0.717) is 6.61 Å². The Labute approximate surface area is 91.3 Å². The van der Waals surface area contributed by atoms with Crippen LogP contribution in [0, 0.1) is 0 Å². The lowest BCUT2D eigenvalue weighted by molar-refractivity contribution is -0.154. The van der Waals surface area contributed by atoms with Gasteiger partial charge in [-0.3, -0.25) is 10.1 Å². The van der Waals surface area contributed by atoms with Gasteiger partial charge in [-0.15, -0.1) is 0 Å². The number of esters is 1. The lowest BCUT2D eigenvalue weighted by Gasteiger charge is -2.25. The van der Waals surface area contributed by atoms with Crippen LogP contribution in [0.25, 0.3) is 0 Å². The summed E-state index contributed by atoms with van der Waals surface area (Å²) in [7, 11) is 0. The number of hydrogen-bond acceptors (Lipinski definition) is 4. The Hall–Kier alpha value is -0.610. The molecule has 1 saturated heterocycles. The number of hydrogen-bond donors (Lipinski definition) is 1. The van der Waals surface area contributed by atoms with Crippen molar-refractivity contribution in [3.63, 3.8) is 0 Å². The van der Waals surface area contributed by atoms with Gasteiger partial charge in [-0.2, -0.15) is 0 Å². The largest absolute Gasteiger partial charge is 0.459 e. The van der Waals surface area contributed by atoms with Crippen LogP contribution in [0.2, 0.25) is 0 Å². The summed E-state index contributed by atoms with van der Waals surface area (Å²) >= 11 is 0. The highest BCUT2D eigenvalue weighted by atomic mass is 16.6. The molecular weight excluding hydrogens is 194 g/mol. The maximum Gasteiger partial charge on any atom is 0.320 e. The van der Waals surface area contributed by atoms with E-state index in [1.807, 2.05) is 20.8 Å². The number of nitrogens with one attached hydrogen (secondary N) is 1. The van der Waals surface area contributed by atoms with E-state index in [1.54, 1.807) is 0 Å². The summed E-state index contributed by atoms with van der Waals surface area (Å²) in [5, 5.41) is 3.18. The number of carbonyl (C=O) groups excluding carboxylic acids is 1. The Kier molecular flexibility index (Phi) is 3.73. The van der Waals surface area contributed by atoms with Gasteiger partial charge in [-0.1, -0.05) is 0 Å². The van der Waals surface area contributed by atoms with Crippen LogP contribution >= 0.6 is 0 Å². The second kappa shape index (κ2) is 4.49. The van der Waals surface area contributed by atoms with Crippen LogP contribution in [0.5, 0.6) is 0 Å². The SMILES string of the molecule is CC1(NCC(=O)OC(C)(C)C)CCOC1. The van der Waals surface area contributed by atoms with Crippen molar-refractivity contribution in [2.75, 3.05) is 19.8 Å². The molecule has 0 radical (unpaired) electrons. The van der Waals surface area contributed by atoms with E-state index in [4.69, 9.17) is 9.47 Å². The van der Waals surface area contributed by atoms with Crippen LogP contribution in [-0.4, -0.2) is 36.9 Å². The Morgan fingerprint density at radius 1 is 1.53 bits per heavy atom. The molecule has 1 aliphatic heterocycles. The second-order valence-corrected chi connectivity index (χ2v) is 5.30. The third-order valence-corrected chi connectivity index (χ3v) is 2.30. The molecule has 0 aromatic carbocycles. The normalized spacial score (nSPS) is 26.7. The first-order valence-electron chi connectivity index (χ1n) is 5.35. The highest BCUT2D eigenvalue weighted by Crippen LogP contribution is 2.17. The number of ether oxygens (including phenoxy) is 2. The molecule has 1 rings (SSSR count). The highest BCUT2D eigenvalue weighted by Gasteiger charge is 2.30. The van der Waals surface area contributed by atoms with Crippen molar-refractivity contribution in [1.82, 2.24) is 5.32 Å². The molecule has 0 spiro atoms. The summed E-state index contributed by atoms with van der Waals surface area (Å²) < 4.78 is 10.5. The van der Waals surface area contributed by atoms with Gasteiger partial charge in [0.15, 0.2) is 0 Å². The van der Waals surface area contributed by atoms with Crippen LogP contribution in [0.15, 0.2) is 0 Å². The van der Waals surface area contributed by atoms with Crippen molar-refractivity contribution in [3.8, 4) is 0 Å². The van der Waals surface area contributed by atoms with Crippen molar-refractivity contribution in [1.29, 1.82) is 0 Å². The third-order valence-electron chi connectivity index (χ3n) is 2.30. The molecule has 4 nitrogen and oxygen atoms in total. The molecule has 15 heavy (non-hydrogen) atoms. The maximum atomic E-state index is 11.4.